The van der Waals surface area contributed by atoms with Crippen LogP contribution in [0.3, 0.4) is 0 Å². The van der Waals surface area contributed by atoms with Gasteiger partial charge in [0, 0.05) is 12.0 Å². The summed E-state index contributed by atoms with van der Waals surface area (Å²) >= 11 is 0. The topological polar surface area (TPSA) is 81.0 Å². The fraction of sp³-hybridized carbons (Fsp3) is 0.105. The van der Waals surface area contributed by atoms with Gasteiger partial charge in [0.15, 0.2) is 11.7 Å². The van der Waals surface area contributed by atoms with Gasteiger partial charge in [-0.1, -0.05) is 6.07 Å². The molecule has 0 aliphatic heterocycles. The lowest BCUT2D eigenvalue weighted by Crippen LogP contribution is -2.09. The minimum absolute atomic E-state index is 0.123. The number of hydrogen-bond donors (Lipinski definition) is 1. The highest BCUT2D eigenvalue weighted by molar-refractivity contribution is 5.87. The van der Waals surface area contributed by atoms with Crippen LogP contribution in [0, 0.1) is 5.82 Å². The van der Waals surface area contributed by atoms with Gasteiger partial charge in [-0.25, -0.2) is 9.37 Å². The molecule has 0 saturated carbocycles. The number of hydrogen-bond acceptors (Lipinski definition) is 5. The Bertz CT molecular complexity index is 1050. The van der Waals surface area contributed by atoms with Crippen molar-refractivity contribution >= 4 is 16.9 Å². The molecule has 2 aromatic carbocycles. The van der Waals surface area contributed by atoms with Crippen molar-refractivity contribution in [2.75, 3.05) is 0 Å². The number of carbonyl (C=O) groups is 1. The fourth-order valence-electron chi connectivity index (χ4n) is 2.59. The van der Waals surface area contributed by atoms with Crippen molar-refractivity contribution < 1.29 is 18.3 Å². The van der Waals surface area contributed by atoms with Crippen LogP contribution in [0.5, 0.6) is 5.75 Å². The molecule has 0 atom stereocenters. The molecule has 6 nitrogen and oxygen atoms in total. The van der Waals surface area contributed by atoms with Crippen LogP contribution in [0.4, 0.5) is 4.39 Å². The molecule has 0 aliphatic carbocycles. The zero-order valence-corrected chi connectivity index (χ0v) is 13.6. The van der Waals surface area contributed by atoms with Gasteiger partial charge in [0.05, 0.1) is 29.7 Å². The molecule has 7 heteroatoms. The predicted molar refractivity (Wildman–Crippen MR) is 91.9 cm³/mol. The number of esters is 1. The summed E-state index contributed by atoms with van der Waals surface area (Å²) in [5.41, 5.74) is 1.52. The number of rotatable bonds is 5. The highest BCUT2D eigenvalue weighted by Crippen LogP contribution is 2.24. The van der Waals surface area contributed by atoms with E-state index in [1.54, 1.807) is 36.7 Å². The SMILES string of the molecule is O=C(CCc1ncc(-c2ccc(F)cc2)o1)Oc1cccc2[nH]ncc12. The summed E-state index contributed by atoms with van der Waals surface area (Å²) in [6, 6.07) is 11.3. The van der Waals surface area contributed by atoms with E-state index in [4.69, 9.17) is 9.15 Å². The number of aryl methyl sites for hydroxylation is 1. The second-order valence-corrected chi connectivity index (χ2v) is 5.69. The molecule has 130 valence electrons. The second-order valence-electron chi connectivity index (χ2n) is 5.69. The molecule has 0 aliphatic rings. The standard InChI is InChI=1S/C19H14FN3O3/c20-13-6-4-12(5-7-13)17-11-21-18(25-17)8-9-19(24)26-16-3-1-2-15-14(16)10-22-23-15/h1-7,10-11H,8-9H2,(H,22,23). The Kier molecular flexibility index (Phi) is 4.18. The average molecular weight is 351 g/mol. The van der Waals surface area contributed by atoms with Crippen LogP contribution in [0.15, 0.2) is 59.3 Å². The first-order chi connectivity index (χ1) is 12.7. The van der Waals surface area contributed by atoms with E-state index in [0.29, 0.717) is 23.8 Å². The molecule has 4 aromatic rings. The molecule has 0 spiro atoms. The van der Waals surface area contributed by atoms with Crippen molar-refractivity contribution in [1.82, 2.24) is 15.2 Å². The number of carbonyl (C=O) groups excluding carboxylic acids is 1. The summed E-state index contributed by atoms with van der Waals surface area (Å²) in [4.78, 5) is 16.3. The summed E-state index contributed by atoms with van der Waals surface area (Å²) < 4.78 is 24.0. The first-order valence-electron chi connectivity index (χ1n) is 8.02. The van der Waals surface area contributed by atoms with E-state index in [1.165, 1.54) is 12.1 Å². The Hall–Kier alpha value is -3.48. The second kappa shape index (κ2) is 6.79. The summed E-state index contributed by atoms with van der Waals surface area (Å²) in [5, 5.41) is 7.50. The van der Waals surface area contributed by atoms with Crippen molar-refractivity contribution in [2.24, 2.45) is 0 Å². The van der Waals surface area contributed by atoms with Crippen LogP contribution in [0.2, 0.25) is 0 Å². The molecule has 1 N–H and O–H groups in total. The normalized spacial score (nSPS) is 11.0. The van der Waals surface area contributed by atoms with Crippen molar-refractivity contribution in [3.8, 4) is 17.1 Å². The van der Waals surface area contributed by atoms with Gasteiger partial charge >= 0.3 is 5.97 Å². The van der Waals surface area contributed by atoms with Crippen LogP contribution in [0.25, 0.3) is 22.2 Å². The largest absolute Gasteiger partial charge is 0.441 e. The smallest absolute Gasteiger partial charge is 0.311 e. The van der Waals surface area contributed by atoms with Gasteiger partial charge in [-0.05, 0) is 36.4 Å². The van der Waals surface area contributed by atoms with Gasteiger partial charge in [-0.3, -0.25) is 9.89 Å². The number of nitrogens with zero attached hydrogens (tertiary/aromatic N) is 2. The van der Waals surface area contributed by atoms with Gasteiger partial charge in [0.2, 0.25) is 0 Å². The van der Waals surface area contributed by atoms with Gasteiger partial charge in [-0.2, -0.15) is 5.10 Å². The molecular formula is C19H14FN3O3. The molecule has 4 rings (SSSR count). The van der Waals surface area contributed by atoms with Crippen LogP contribution in [0.1, 0.15) is 12.3 Å². The summed E-state index contributed by atoms with van der Waals surface area (Å²) in [6.45, 7) is 0. The van der Waals surface area contributed by atoms with E-state index >= 15 is 0 Å². The van der Waals surface area contributed by atoms with Crippen LogP contribution in [-0.4, -0.2) is 21.2 Å². The molecular weight excluding hydrogens is 337 g/mol. The summed E-state index contributed by atoms with van der Waals surface area (Å²) in [5.74, 6) is 0.698. The number of ether oxygens (including phenoxy) is 1. The minimum Gasteiger partial charge on any atom is -0.441 e. The molecule has 26 heavy (non-hydrogen) atoms. The lowest BCUT2D eigenvalue weighted by atomic mass is 10.2. The highest BCUT2D eigenvalue weighted by atomic mass is 19.1. The number of halogens is 1. The minimum atomic E-state index is -0.389. The van der Waals surface area contributed by atoms with Crippen LogP contribution >= 0.6 is 0 Å². The lowest BCUT2D eigenvalue weighted by molar-refractivity contribution is -0.134. The maximum Gasteiger partial charge on any atom is 0.311 e. The predicted octanol–water partition coefficient (Wildman–Crippen LogP) is 3.90. The number of fused-ring (bicyclic) bond motifs is 1. The number of H-pyrrole nitrogens is 1. The molecule has 0 radical (unpaired) electrons. The molecule has 0 bridgehead atoms. The van der Waals surface area contributed by atoms with Crippen molar-refractivity contribution in [1.29, 1.82) is 0 Å². The zero-order chi connectivity index (χ0) is 17.9. The van der Waals surface area contributed by atoms with E-state index in [1.807, 2.05) is 6.07 Å². The van der Waals surface area contributed by atoms with Crippen molar-refractivity contribution in [2.45, 2.75) is 12.8 Å². The quantitative estimate of drug-likeness (QED) is 0.436. The van der Waals surface area contributed by atoms with Crippen LogP contribution in [-0.2, 0) is 11.2 Å². The van der Waals surface area contributed by atoms with Crippen molar-refractivity contribution in [3.63, 3.8) is 0 Å². The average Bonchev–Trinajstić information content (AvgIpc) is 3.30. The molecule has 0 fully saturated rings. The monoisotopic (exact) mass is 351 g/mol. The van der Waals surface area contributed by atoms with E-state index in [-0.39, 0.29) is 18.2 Å². The molecule has 2 aromatic heterocycles. The summed E-state index contributed by atoms with van der Waals surface area (Å²) in [6.07, 6.45) is 3.60. The zero-order valence-electron chi connectivity index (χ0n) is 13.6. The van der Waals surface area contributed by atoms with E-state index in [2.05, 4.69) is 15.2 Å². The highest BCUT2D eigenvalue weighted by Gasteiger charge is 2.12. The molecule has 0 saturated heterocycles. The van der Waals surface area contributed by atoms with E-state index < -0.39 is 0 Å². The fourth-order valence-corrected chi connectivity index (χ4v) is 2.59. The Balaban J connectivity index is 1.39. The van der Waals surface area contributed by atoms with Gasteiger partial charge in [0.1, 0.15) is 11.6 Å². The number of oxazole rings is 1. The first-order valence-corrected chi connectivity index (χ1v) is 8.02. The molecule has 2 heterocycles. The Morgan fingerprint density at radius 1 is 1.15 bits per heavy atom. The number of benzene rings is 2. The molecule has 0 unspecified atom stereocenters. The Labute approximate surface area is 147 Å². The maximum absolute atomic E-state index is 13.0. The van der Waals surface area contributed by atoms with Crippen molar-refractivity contribution in [3.05, 3.63) is 66.6 Å². The third kappa shape index (κ3) is 3.32. The van der Waals surface area contributed by atoms with Gasteiger partial charge in [0.25, 0.3) is 0 Å². The van der Waals surface area contributed by atoms with Crippen LogP contribution < -0.4 is 4.74 Å². The Morgan fingerprint density at radius 2 is 2.00 bits per heavy atom. The summed E-state index contributed by atoms with van der Waals surface area (Å²) in [7, 11) is 0. The first kappa shape index (κ1) is 16.0. The maximum atomic E-state index is 13.0. The van der Waals surface area contributed by atoms with E-state index in [9.17, 15) is 9.18 Å². The Morgan fingerprint density at radius 3 is 2.85 bits per heavy atom. The number of aromatic nitrogens is 3. The number of nitrogens with one attached hydrogen (secondary N) is 1. The third-order valence-corrected chi connectivity index (χ3v) is 3.89. The van der Waals surface area contributed by atoms with Gasteiger partial charge < -0.3 is 9.15 Å². The third-order valence-electron chi connectivity index (χ3n) is 3.89. The number of aromatic amines is 1. The molecule has 0 amide bonds. The lowest BCUT2D eigenvalue weighted by Gasteiger charge is -2.04. The van der Waals surface area contributed by atoms with E-state index in [0.717, 1.165) is 16.5 Å². The van der Waals surface area contributed by atoms with Gasteiger partial charge in [-0.15, -0.1) is 0 Å².